The van der Waals surface area contributed by atoms with E-state index in [1.807, 2.05) is 0 Å². The zero-order valence-corrected chi connectivity index (χ0v) is 13.1. The first-order chi connectivity index (χ1) is 9.12. The number of halogens is 1. The van der Waals surface area contributed by atoms with Gasteiger partial charge in [0.1, 0.15) is 0 Å². The zero-order chi connectivity index (χ0) is 13.5. The second kappa shape index (κ2) is 4.79. The maximum Gasteiger partial charge on any atom is 0.0283 e. The smallest absolute Gasteiger partial charge is 0.0283 e. The number of hydrogen-bond donors (Lipinski definition) is 0. The highest BCUT2D eigenvalue weighted by Crippen LogP contribution is 2.48. The molecule has 1 atom stereocenters. The van der Waals surface area contributed by atoms with Crippen LogP contribution in [0.5, 0.6) is 0 Å². The van der Waals surface area contributed by atoms with Gasteiger partial charge in [-0.25, -0.2) is 0 Å². The Kier molecular flexibility index (Phi) is 3.26. The molecule has 98 valence electrons. The van der Waals surface area contributed by atoms with Gasteiger partial charge in [-0.3, -0.25) is 0 Å². The van der Waals surface area contributed by atoms with Crippen LogP contribution in [-0.2, 0) is 10.7 Å². The first-order valence-corrected chi connectivity index (χ1v) is 7.98. The Morgan fingerprint density at radius 3 is 2.53 bits per heavy atom. The van der Waals surface area contributed by atoms with Crippen LogP contribution in [0.4, 0.5) is 0 Å². The Labute approximate surface area is 124 Å². The molecule has 0 saturated heterocycles. The van der Waals surface area contributed by atoms with E-state index < -0.39 is 0 Å². The first-order valence-electron chi connectivity index (χ1n) is 6.86. The van der Waals surface area contributed by atoms with Gasteiger partial charge in [-0.15, -0.1) is 0 Å². The van der Waals surface area contributed by atoms with Crippen molar-refractivity contribution in [2.24, 2.45) is 0 Å². The van der Waals surface area contributed by atoms with Gasteiger partial charge >= 0.3 is 0 Å². The largest absolute Gasteiger partial charge is 0.0876 e. The van der Waals surface area contributed by atoms with E-state index in [4.69, 9.17) is 0 Å². The van der Waals surface area contributed by atoms with Crippen molar-refractivity contribution >= 4 is 15.9 Å². The lowest BCUT2D eigenvalue weighted by Gasteiger charge is -2.19. The zero-order valence-electron chi connectivity index (χ0n) is 11.5. The molecule has 3 rings (SSSR count). The molecule has 0 N–H and O–H groups in total. The second-order valence-electron chi connectivity index (χ2n) is 6.11. The molecule has 2 aromatic carbocycles. The maximum atomic E-state index is 3.57. The minimum Gasteiger partial charge on any atom is -0.0876 e. The summed E-state index contributed by atoms with van der Waals surface area (Å²) < 4.78 is 0. The molecule has 0 amide bonds. The molecule has 1 unspecified atom stereocenters. The summed E-state index contributed by atoms with van der Waals surface area (Å²) >= 11 is 3.57. The van der Waals surface area contributed by atoms with Crippen molar-refractivity contribution in [2.75, 3.05) is 0 Å². The lowest BCUT2D eigenvalue weighted by molar-refractivity contribution is 0.499. The molecule has 0 nitrogen and oxygen atoms in total. The van der Waals surface area contributed by atoms with Crippen molar-refractivity contribution in [1.29, 1.82) is 0 Å². The average Bonchev–Trinajstić information content (AvgIpc) is 2.71. The van der Waals surface area contributed by atoms with E-state index in [1.165, 1.54) is 28.7 Å². The fraction of sp³-hybridized carbons (Fsp3) is 0.333. The average molecular weight is 315 g/mol. The van der Waals surface area contributed by atoms with Gasteiger partial charge in [0.2, 0.25) is 0 Å². The van der Waals surface area contributed by atoms with Crippen molar-refractivity contribution in [3.05, 3.63) is 70.8 Å². The van der Waals surface area contributed by atoms with Gasteiger partial charge in [-0.05, 0) is 34.1 Å². The van der Waals surface area contributed by atoms with Gasteiger partial charge in [-0.2, -0.15) is 0 Å². The van der Waals surface area contributed by atoms with E-state index in [9.17, 15) is 0 Å². The Balaban J connectivity index is 2.12. The summed E-state index contributed by atoms with van der Waals surface area (Å²) in [5, 5.41) is 0.933. The van der Waals surface area contributed by atoms with Crippen molar-refractivity contribution in [3.63, 3.8) is 0 Å². The third-order valence-electron chi connectivity index (χ3n) is 4.29. The van der Waals surface area contributed by atoms with Gasteiger partial charge in [0.25, 0.3) is 0 Å². The molecule has 0 radical (unpaired) electrons. The van der Waals surface area contributed by atoms with Crippen LogP contribution in [0, 0.1) is 0 Å². The van der Waals surface area contributed by atoms with E-state index in [0.29, 0.717) is 5.92 Å². The normalized spacial score (nSPS) is 20.3. The molecule has 19 heavy (non-hydrogen) atoms. The number of benzene rings is 2. The van der Waals surface area contributed by atoms with Crippen LogP contribution in [-0.4, -0.2) is 0 Å². The van der Waals surface area contributed by atoms with Crippen LogP contribution in [0.25, 0.3) is 0 Å². The van der Waals surface area contributed by atoms with Crippen molar-refractivity contribution in [3.8, 4) is 0 Å². The van der Waals surface area contributed by atoms with Gasteiger partial charge in [0.05, 0.1) is 0 Å². The topological polar surface area (TPSA) is 0 Å². The maximum absolute atomic E-state index is 3.57. The molecule has 1 heteroatoms. The fourth-order valence-electron chi connectivity index (χ4n) is 3.31. The molecule has 0 aromatic heterocycles. The van der Waals surface area contributed by atoms with Gasteiger partial charge in [0.15, 0.2) is 0 Å². The number of alkyl halides is 1. The lowest BCUT2D eigenvalue weighted by atomic mass is 9.85. The quantitative estimate of drug-likeness (QED) is 0.651. The molecular weight excluding hydrogens is 296 g/mol. The van der Waals surface area contributed by atoms with E-state index in [1.54, 1.807) is 0 Å². The summed E-state index contributed by atoms with van der Waals surface area (Å²) in [6.07, 6.45) is 1.21. The molecule has 0 saturated carbocycles. The SMILES string of the molecule is CC1(C)CC(c2ccccc2)c2cc(CBr)ccc21. The predicted molar refractivity (Wildman–Crippen MR) is 85.0 cm³/mol. The van der Waals surface area contributed by atoms with E-state index >= 15 is 0 Å². The third-order valence-corrected chi connectivity index (χ3v) is 4.94. The van der Waals surface area contributed by atoms with Gasteiger partial charge < -0.3 is 0 Å². The van der Waals surface area contributed by atoms with Gasteiger partial charge in [0, 0.05) is 11.2 Å². The lowest BCUT2D eigenvalue weighted by Crippen LogP contribution is -2.12. The molecule has 0 heterocycles. The highest BCUT2D eigenvalue weighted by atomic mass is 79.9. The molecule has 2 aromatic rings. The summed E-state index contributed by atoms with van der Waals surface area (Å²) in [5.74, 6) is 0.546. The van der Waals surface area contributed by atoms with Crippen LogP contribution < -0.4 is 0 Å². The van der Waals surface area contributed by atoms with Crippen molar-refractivity contribution < 1.29 is 0 Å². The summed E-state index contributed by atoms with van der Waals surface area (Å²) in [4.78, 5) is 0. The molecule has 1 aliphatic carbocycles. The molecule has 0 fully saturated rings. The first kappa shape index (κ1) is 12.9. The van der Waals surface area contributed by atoms with Crippen LogP contribution in [0.3, 0.4) is 0 Å². The molecule has 0 aliphatic heterocycles. The summed E-state index contributed by atoms with van der Waals surface area (Å²) in [6, 6.07) is 17.9. The van der Waals surface area contributed by atoms with Crippen LogP contribution >= 0.6 is 15.9 Å². The summed E-state index contributed by atoms with van der Waals surface area (Å²) in [7, 11) is 0. The summed E-state index contributed by atoms with van der Waals surface area (Å²) in [6.45, 7) is 4.73. The van der Waals surface area contributed by atoms with Crippen molar-refractivity contribution in [1.82, 2.24) is 0 Å². The fourth-order valence-corrected chi connectivity index (χ4v) is 3.66. The van der Waals surface area contributed by atoms with E-state index in [0.717, 1.165) is 5.33 Å². The Morgan fingerprint density at radius 1 is 1.11 bits per heavy atom. The van der Waals surface area contributed by atoms with Crippen LogP contribution in [0.2, 0.25) is 0 Å². The number of hydrogen-bond acceptors (Lipinski definition) is 0. The molecule has 0 bridgehead atoms. The van der Waals surface area contributed by atoms with Crippen LogP contribution in [0.1, 0.15) is 48.4 Å². The number of fused-ring (bicyclic) bond motifs is 1. The van der Waals surface area contributed by atoms with E-state index in [2.05, 4.69) is 78.3 Å². The summed E-state index contributed by atoms with van der Waals surface area (Å²) in [5.41, 5.74) is 6.14. The molecule has 0 spiro atoms. The minimum absolute atomic E-state index is 0.278. The Bertz CT molecular complexity index is 584. The van der Waals surface area contributed by atoms with Crippen molar-refractivity contribution in [2.45, 2.75) is 36.9 Å². The van der Waals surface area contributed by atoms with Gasteiger partial charge in [-0.1, -0.05) is 78.3 Å². The molecule has 1 aliphatic rings. The van der Waals surface area contributed by atoms with E-state index in [-0.39, 0.29) is 5.41 Å². The number of rotatable bonds is 2. The highest BCUT2D eigenvalue weighted by Gasteiger charge is 2.37. The van der Waals surface area contributed by atoms with Crippen LogP contribution in [0.15, 0.2) is 48.5 Å². The standard InChI is InChI=1S/C18H19Br/c1-18(2)11-16(14-6-4-3-5-7-14)15-10-13(12-19)8-9-17(15)18/h3-10,16H,11-12H2,1-2H3. The monoisotopic (exact) mass is 314 g/mol. The predicted octanol–water partition coefficient (Wildman–Crippen LogP) is 5.39. The minimum atomic E-state index is 0.278. The Hall–Kier alpha value is -1.08. The Morgan fingerprint density at radius 2 is 1.84 bits per heavy atom. The highest BCUT2D eigenvalue weighted by molar-refractivity contribution is 9.08. The second-order valence-corrected chi connectivity index (χ2v) is 6.67. The molecular formula is C18H19Br. The third kappa shape index (κ3) is 2.25.